The van der Waals surface area contributed by atoms with Crippen molar-refractivity contribution in [1.82, 2.24) is 0 Å². The van der Waals surface area contributed by atoms with Crippen LogP contribution in [0.1, 0.15) is 0 Å². The Labute approximate surface area is 42.6 Å². The molecule has 0 saturated heterocycles. The third kappa shape index (κ3) is 0.761. The van der Waals surface area contributed by atoms with Crippen molar-refractivity contribution in [2.45, 2.75) is 12.2 Å². The topological polar surface area (TPSA) is 9.23 Å². The summed E-state index contributed by atoms with van der Waals surface area (Å²) < 4.78 is 16.5. The molecule has 36 valence electrons. The van der Waals surface area contributed by atoms with Crippen LogP contribution in [-0.2, 0) is 4.74 Å². The Hall–Kier alpha value is -0.465. The quantitative estimate of drug-likeness (QED) is 0.397. The van der Waals surface area contributed by atoms with Crippen LogP contribution in [0.15, 0.2) is 12.3 Å². The maximum Gasteiger partial charge on any atom is 0.149 e. The maximum atomic E-state index is 12.0. The molecule has 2 unspecified atom stereocenters. The highest BCUT2D eigenvalue weighted by molar-refractivity contribution is 6.11. The lowest BCUT2D eigenvalue weighted by molar-refractivity contribution is 0.180. The fourth-order valence-corrected chi connectivity index (χ4v) is 0.396. The molecular weight excluding hydrogens is 93.9 g/mol. The largest absolute Gasteiger partial charge is 0.505 e. The van der Waals surface area contributed by atoms with Gasteiger partial charge in [0.15, 0.2) is 0 Å². The molecule has 1 heterocycles. The van der Waals surface area contributed by atoms with E-state index >= 15 is 0 Å². The number of hydrogen-bond acceptors (Lipinski definition) is 1. The van der Waals surface area contributed by atoms with Crippen molar-refractivity contribution in [3.8, 4) is 0 Å². The smallest absolute Gasteiger partial charge is 0.149 e. The normalized spacial score (nSPS) is 38.4. The summed E-state index contributed by atoms with van der Waals surface area (Å²) >= 11 is 0. The summed E-state index contributed by atoms with van der Waals surface area (Å²) in [5.74, 6) is 0. The Bertz CT molecular complexity index is 93.7. The van der Waals surface area contributed by atoms with E-state index in [0.29, 0.717) is 0 Å². The van der Waals surface area contributed by atoms with Crippen molar-refractivity contribution >= 4 is 7.85 Å². The van der Waals surface area contributed by atoms with Gasteiger partial charge in [-0.15, -0.1) is 0 Å². The predicted octanol–water partition coefficient (Wildman–Crippen LogP) is 0.363. The molecule has 1 nitrogen and oxygen atoms in total. The van der Waals surface area contributed by atoms with Gasteiger partial charge in [0.2, 0.25) is 0 Å². The lowest BCUT2D eigenvalue weighted by Crippen LogP contribution is -2.16. The molecule has 0 aromatic rings. The van der Waals surface area contributed by atoms with Crippen LogP contribution in [0.3, 0.4) is 0 Å². The standard InChI is InChI=1S/C4H4BFO/c5-4-3(6)1-2-7-4/h1-4H. The number of alkyl halides is 1. The van der Waals surface area contributed by atoms with E-state index < -0.39 is 12.2 Å². The molecule has 0 aromatic carbocycles. The highest BCUT2D eigenvalue weighted by atomic mass is 19.1. The zero-order valence-electron chi connectivity index (χ0n) is 3.67. The fourth-order valence-electron chi connectivity index (χ4n) is 0.396. The molecule has 2 atom stereocenters. The zero-order chi connectivity index (χ0) is 5.28. The Morgan fingerprint density at radius 1 is 1.71 bits per heavy atom. The highest BCUT2D eigenvalue weighted by Crippen LogP contribution is 2.09. The van der Waals surface area contributed by atoms with Crippen molar-refractivity contribution in [3.05, 3.63) is 12.3 Å². The maximum absolute atomic E-state index is 12.0. The molecule has 0 bridgehead atoms. The van der Waals surface area contributed by atoms with E-state index in [4.69, 9.17) is 7.85 Å². The Balaban J connectivity index is 2.45. The SMILES string of the molecule is [B]C1OC=CC1F. The molecule has 1 rings (SSSR count). The molecule has 0 amide bonds. The van der Waals surface area contributed by atoms with E-state index in [1.54, 1.807) is 0 Å². The predicted molar refractivity (Wildman–Crippen MR) is 24.7 cm³/mol. The summed E-state index contributed by atoms with van der Waals surface area (Å²) in [6.45, 7) is 0. The molecule has 0 aromatic heterocycles. The minimum absolute atomic E-state index is 0.764. The first-order chi connectivity index (χ1) is 3.30. The van der Waals surface area contributed by atoms with Crippen LogP contribution in [0, 0.1) is 0 Å². The van der Waals surface area contributed by atoms with Gasteiger partial charge >= 0.3 is 0 Å². The van der Waals surface area contributed by atoms with Gasteiger partial charge in [0.25, 0.3) is 0 Å². The lowest BCUT2D eigenvalue weighted by Gasteiger charge is -2.03. The Morgan fingerprint density at radius 3 is 2.57 bits per heavy atom. The first-order valence-corrected chi connectivity index (χ1v) is 2.02. The summed E-state index contributed by atoms with van der Waals surface area (Å²) in [6.07, 6.45) is 1.44. The van der Waals surface area contributed by atoms with E-state index in [1.165, 1.54) is 12.3 Å². The van der Waals surface area contributed by atoms with Crippen molar-refractivity contribution in [1.29, 1.82) is 0 Å². The van der Waals surface area contributed by atoms with Crippen LogP contribution < -0.4 is 0 Å². The molecule has 0 aliphatic carbocycles. The fraction of sp³-hybridized carbons (Fsp3) is 0.500. The number of rotatable bonds is 0. The van der Waals surface area contributed by atoms with Crippen LogP contribution in [0.2, 0.25) is 0 Å². The number of hydrogen-bond donors (Lipinski definition) is 0. The van der Waals surface area contributed by atoms with Gasteiger partial charge in [-0.2, -0.15) is 0 Å². The average molecular weight is 97.9 g/mol. The second-order valence-corrected chi connectivity index (χ2v) is 1.37. The molecule has 3 heteroatoms. The highest BCUT2D eigenvalue weighted by Gasteiger charge is 2.16. The van der Waals surface area contributed by atoms with Gasteiger partial charge < -0.3 is 4.74 Å². The number of ether oxygens (including phenoxy) is 1. The van der Waals surface area contributed by atoms with Gasteiger partial charge in [0.05, 0.1) is 12.3 Å². The van der Waals surface area contributed by atoms with E-state index in [0.717, 1.165) is 0 Å². The van der Waals surface area contributed by atoms with Crippen molar-refractivity contribution < 1.29 is 9.13 Å². The van der Waals surface area contributed by atoms with Crippen molar-refractivity contribution in [3.63, 3.8) is 0 Å². The summed E-state index contributed by atoms with van der Waals surface area (Å²) in [4.78, 5) is 0. The van der Waals surface area contributed by atoms with Gasteiger partial charge in [-0.05, 0) is 6.08 Å². The second-order valence-electron chi connectivity index (χ2n) is 1.37. The first kappa shape index (κ1) is 4.69. The van der Waals surface area contributed by atoms with E-state index in [2.05, 4.69) is 4.74 Å². The third-order valence-electron chi connectivity index (χ3n) is 0.812. The second kappa shape index (κ2) is 1.56. The molecule has 0 spiro atoms. The monoisotopic (exact) mass is 98.0 g/mol. The van der Waals surface area contributed by atoms with Crippen LogP contribution in [-0.4, -0.2) is 20.0 Å². The minimum Gasteiger partial charge on any atom is -0.505 e. The van der Waals surface area contributed by atoms with E-state index in [1.807, 2.05) is 0 Å². The lowest BCUT2D eigenvalue weighted by atomic mass is 9.97. The number of halogens is 1. The van der Waals surface area contributed by atoms with Crippen molar-refractivity contribution in [2.75, 3.05) is 0 Å². The minimum atomic E-state index is -1.11. The molecule has 1 aliphatic heterocycles. The van der Waals surface area contributed by atoms with Crippen LogP contribution in [0.4, 0.5) is 4.39 Å². The van der Waals surface area contributed by atoms with Gasteiger partial charge in [-0.1, -0.05) is 0 Å². The summed E-state index contributed by atoms with van der Waals surface area (Å²) in [5, 5.41) is 0. The average Bonchev–Trinajstić information content (AvgIpc) is 1.91. The van der Waals surface area contributed by atoms with Gasteiger partial charge in [-0.25, -0.2) is 4.39 Å². The van der Waals surface area contributed by atoms with Gasteiger partial charge in [0.1, 0.15) is 14.0 Å². The molecule has 2 radical (unpaired) electrons. The summed E-state index contributed by atoms with van der Waals surface area (Å²) in [6, 6.07) is -0.764. The molecule has 0 N–H and O–H groups in total. The van der Waals surface area contributed by atoms with Crippen molar-refractivity contribution in [2.24, 2.45) is 0 Å². The van der Waals surface area contributed by atoms with E-state index in [9.17, 15) is 4.39 Å². The third-order valence-corrected chi connectivity index (χ3v) is 0.812. The Morgan fingerprint density at radius 2 is 2.43 bits per heavy atom. The summed E-state index contributed by atoms with van der Waals surface area (Å²) in [7, 11) is 5.02. The zero-order valence-corrected chi connectivity index (χ0v) is 3.67. The van der Waals surface area contributed by atoms with Crippen LogP contribution in [0.25, 0.3) is 0 Å². The molecular formula is C4H4BFO. The van der Waals surface area contributed by atoms with Crippen LogP contribution in [0.5, 0.6) is 0 Å². The molecule has 7 heavy (non-hydrogen) atoms. The van der Waals surface area contributed by atoms with Gasteiger partial charge in [0, 0.05) is 0 Å². The first-order valence-electron chi connectivity index (χ1n) is 2.02. The molecule has 1 aliphatic rings. The summed E-state index contributed by atoms with van der Waals surface area (Å²) in [5.41, 5.74) is 0. The van der Waals surface area contributed by atoms with Gasteiger partial charge in [-0.3, -0.25) is 0 Å². The Kier molecular flexibility index (Phi) is 1.05. The van der Waals surface area contributed by atoms with Crippen LogP contribution >= 0.6 is 0 Å². The molecule has 0 saturated carbocycles. The molecule has 0 fully saturated rings. The van der Waals surface area contributed by atoms with E-state index in [-0.39, 0.29) is 0 Å².